The molecule has 7 rings (SSSR count). The maximum atomic E-state index is 12.2. The molecule has 0 aromatic carbocycles. The van der Waals surface area contributed by atoms with Crippen LogP contribution in [-0.4, -0.2) is 17.4 Å². The van der Waals surface area contributed by atoms with Gasteiger partial charge in [-0.05, 0) is 73.5 Å². The monoisotopic (exact) mass is 366 g/mol. The zero-order valence-corrected chi connectivity index (χ0v) is 16.6. The number of Topliss-reactive ketones (excluding diaryl/α,β-unsaturated/α-hetero) is 1. The molecule has 3 heteroatoms. The van der Waals surface area contributed by atoms with Gasteiger partial charge in [0.1, 0.15) is 11.4 Å². The van der Waals surface area contributed by atoms with Crippen LogP contribution in [0.15, 0.2) is 11.1 Å². The molecular formula is C24H30O3. The van der Waals surface area contributed by atoms with Gasteiger partial charge in [-0.2, -0.15) is 0 Å². The number of ether oxygens (including phenoxy) is 1. The first-order valence-electron chi connectivity index (χ1n) is 11.3. The fourth-order valence-electron chi connectivity index (χ4n) is 9.66. The van der Waals surface area contributed by atoms with Crippen LogP contribution in [0, 0.1) is 46.3 Å². The second kappa shape index (κ2) is 4.39. The molecule has 3 nitrogen and oxygen atoms in total. The third-order valence-electron chi connectivity index (χ3n) is 10.8. The van der Waals surface area contributed by atoms with Crippen LogP contribution >= 0.6 is 0 Å². The highest BCUT2D eigenvalue weighted by atomic mass is 16.6. The van der Waals surface area contributed by atoms with Crippen LogP contribution in [0.1, 0.15) is 71.6 Å². The number of ketones is 1. The number of hydrogen-bond donors (Lipinski definition) is 0. The molecule has 0 N–H and O–H groups in total. The molecule has 0 radical (unpaired) electrons. The van der Waals surface area contributed by atoms with Crippen LogP contribution in [0.25, 0.3) is 0 Å². The number of hydrogen-bond acceptors (Lipinski definition) is 3. The summed E-state index contributed by atoms with van der Waals surface area (Å²) in [5.41, 5.74) is 3.58. The van der Waals surface area contributed by atoms with Crippen LogP contribution in [-0.2, 0) is 14.3 Å². The van der Waals surface area contributed by atoms with E-state index in [1.165, 1.54) is 25.7 Å². The molecule has 6 fully saturated rings. The highest BCUT2D eigenvalue weighted by Crippen LogP contribution is 2.81. The van der Waals surface area contributed by atoms with Crippen LogP contribution < -0.4 is 0 Å². The Labute approximate surface area is 161 Å². The van der Waals surface area contributed by atoms with Crippen molar-refractivity contribution in [3.8, 4) is 0 Å². The Morgan fingerprint density at radius 2 is 1.89 bits per heavy atom. The van der Waals surface area contributed by atoms with Crippen molar-refractivity contribution in [3.63, 3.8) is 0 Å². The molecule has 0 aromatic rings. The van der Waals surface area contributed by atoms with Gasteiger partial charge in [0.05, 0.1) is 0 Å². The number of carbonyl (C=O) groups excluding carboxylic acids is 2. The highest BCUT2D eigenvalue weighted by Gasteiger charge is 2.80. The SMILES string of the molecule is C[C@]12CCC(=O)CC1=C1C[C@H]1[C@H]1[C@@H]3[C@@H]4C[C@H]4[C@@]4(CCC(=O)O4)[C@@]3(C)CC[C@@H]12. The van der Waals surface area contributed by atoms with Crippen molar-refractivity contribution < 1.29 is 14.3 Å². The smallest absolute Gasteiger partial charge is 0.306 e. The number of rotatable bonds is 0. The quantitative estimate of drug-likeness (QED) is 0.470. The number of fused-ring (bicyclic) bond motifs is 11. The molecule has 1 aliphatic heterocycles. The average Bonchev–Trinajstić information content (AvgIpc) is 3.53. The lowest BCUT2D eigenvalue weighted by Gasteiger charge is -2.59. The third kappa shape index (κ3) is 1.58. The fraction of sp³-hybridized carbons (Fsp3) is 0.833. The van der Waals surface area contributed by atoms with Gasteiger partial charge in [-0.15, -0.1) is 0 Å². The summed E-state index contributed by atoms with van der Waals surface area (Å²) in [6, 6.07) is 0. The first-order chi connectivity index (χ1) is 12.9. The summed E-state index contributed by atoms with van der Waals surface area (Å²) >= 11 is 0. The van der Waals surface area contributed by atoms with E-state index in [9.17, 15) is 9.59 Å². The van der Waals surface area contributed by atoms with E-state index in [2.05, 4.69) is 13.8 Å². The van der Waals surface area contributed by atoms with Crippen molar-refractivity contribution in [1.82, 2.24) is 0 Å². The molecule has 144 valence electrons. The molecule has 27 heavy (non-hydrogen) atoms. The number of allylic oxidation sites excluding steroid dienone is 2. The minimum atomic E-state index is -0.132. The van der Waals surface area contributed by atoms with E-state index in [0.717, 1.165) is 55.3 Å². The Balaban J connectivity index is 1.34. The maximum Gasteiger partial charge on any atom is 0.306 e. The average molecular weight is 367 g/mol. The predicted octanol–water partition coefficient (Wildman–Crippen LogP) is 4.45. The zero-order chi connectivity index (χ0) is 18.3. The van der Waals surface area contributed by atoms with E-state index >= 15 is 0 Å². The van der Waals surface area contributed by atoms with Gasteiger partial charge in [-0.3, -0.25) is 9.59 Å². The standard InChI is InChI=1S/C24H30O3/c1-22-6-3-12(25)9-17(22)13-10-14(13)20-16(22)4-7-23(2)21(20)15-11-18(15)24(23)8-5-19(26)27-24/h14-16,18,20-21H,3-11H2,1-2H3/t14-,15-,16+,18-,20-,21+,22-,23+,24+/m1/s1. The Hall–Kier alpha value is -1.12. The van der Waals surface area contributed by atoms with Crippen LogP contribution in [0.5, 0.6) is 0 Å². The number of carbonyl (C=O) groups is 2. The summed E-state index contributed by atoms with van der Waals surface area (Å²) in [5, 5.41) is 0. The van der Waals surface area contributed by atoms with E-state index in [1.54, 1.807) is 11.1 Å². The molecular weight excluding hydrogens is 336 g/mol. The molecule has 1 heterocycles. The molecule has 7 aliphatic rings. The normalized spacial score (nSPS) is 59.6. The van der Waals surface area contributed by atoms with E-state index in [1.807, 2.05) is 0 Å². The summed E-state index contributed by atoms with van der Waals surface area (Å²) in [6.45, 7) is 4.99. The van der Waals surface area contributed by atoms with Crippen LogP contribution in [0.4, 0.5) is 0 Å². The lowest BCUT2D eigenvalue weighted by atomic mass is 9.45. The van der Waals surface area contributed by atoms with Crippen molar-refractivity contribution in [2.45, 2.75) is 77.2 Å². The summed E-state index contributed by atoms with van der Waals surface area (Å²) in [4.78, 5) is 24.3. The Bertz CT molecular complexity index is 841. The molecule has 9 atom stereocenters. The van der Waals surface area contributed by atoms with Crippen LogP contribution in [0.2, 0.25) is 0 Å². The molecule has 1 saturated heterocycles. The molecule has 0 amide bonds. The van der Waals surface area contributed by atoms with Crippen molar-refractivity contribution >= 4 is 11.8 Å². The summed E-state index contributed by atoms with van der Waals surface area (Å²) in [6.07, 6.45) is 9.28. The van der Waals surface area contributed by atoms with E-state index in [4.69, 9.17) is 4.74 Å². The minimum absolute atomic E-state index is 0.0559. The molecule has 6 aliphatic carbocycles. The lowest BCUT2D eigenvalue weighted by Crippen LogP contribution is -2.57. The molecule has 0 bridgehead atoms. The summed E-state index contributed by atoms with van der Waals surface area (Å²) < 4.78 is 6.22. The third-order valence-corrected chi connectivity index (χ3v) is 10.8. The van der Waals surface area contributed by atoms with Gasteiger partial charge in [0, 0.05) is 30.6 Å². The Morgan fingerprint density at radius 1 is 1.04 bits per heavy atom. The second-order valence-corrected chi connectivity index (χ2v) is 11.5. The zero-order valence-electron chi connectivity index (χ0n) is 16.6. The van der Waals surface area contributed by atoms with Crippen molar-refractivity contribution in [2.24, 2.45) is 46.3 Å². The predicted molar refractivity (Wildman–Crippen MR) is 99.6 cm³/mol. The fourth-order valence-corrected chi connectivity index (χ4v) is 9.66. The van der Waals surface area contributed by atoms with Crippen molar-refractivity contribution in [3.05, 3.63) is 11.1 Å². The first kappa shape index (κ1) is 15.8. The summed E-state index contributed by atoms with van der Waals surface area (Å²) in [7, 11) is 0. The van der Waals surface area contributed by atoms with Gasteiger partial charge >= 0.3 is 5.97 Å². The van der Waals surface area contributed by atoms with E-state index in [-0.39, 0.29) is 22.4 Å². The van der Waals surface area contributed by atoms with Gasteiger partial charge in [0.25, 0.3) is 0 Å². The Morgan fingerprint density at radius 3 is 2.67 bits per heavy atom. The molecule has 0 unspecified atom stereocenters. The van der Waals surface area contributed by atoms with Gasteiger partial charge in [-0.1, -0.05) is 25.0 Å². The maximum absolute atomic E-state index is 12.2. The van der Waals surface area contributed by atoms with Gasteiger partial charge < -0.3 is 4.74 Å². The first-order valence-corrected chi connectivity index (χ1v) is 11.3. The van der Waals surface area contributed by atoms with E-state index in [0.29, 0.717) is 18.1 Å². The molecule has 1 spiro atoms. The lowest BCUT2D eigenvalue weighted by molar-refractivity contribution is -0.176. The largest absolute Gasteiger partial charge is 0.458 e. The molecule has 0 aromatic heterocycles. The summed E-state index contributed by atoms with van der Waals surface area (Å²) in [5.74, 6) is 5.00. The number of esters is 1. The van der Waals surface area contributed by atoms with Gasteiger partial charge in [-0.25, -0.2) is 0 Å². The highest BCUT2D eigenvalue weighted by molar-refractivity contribution is 5.83. The Kier molecular flexibility index (Phi) is 2.56. The molecule has 5 saturated carbocycles. The van der Waals surface area contributed by atoms with Crippen LogP contribution in [0.3, 0.4) is 0 Å². The van der Waals surface area contributed by atoms with Gasteiger partial charge in [0.2, 0.25) is 0 Å². The van der Waals surface area contributed by atoms with Gasteiger partial charge in [0.15, 0.2) is 0 Å². The van der Waals surface area contributed by atoms with Crippen molar-refractivity contribution in [2.75, 3.05) is 0 Å². The minimum Gasteiger partial charge on any atom is -0.458 e. The van der Waals surface area contributed by atoms with E-state index < -0.39 is 0 Å². The van der Waals surface area contributed by atoms with Crippen molar-refractivity contribution in [1.29, 1.82) is 0 Å². The second-order valence-electron chi connectivity index (χ2n) is 11.5. The topological polar surface area (TPSA) is 43.4 Å².